The molecule has 1 heterocycles. The first-order chi connectivity index (χ1) is 13.9. The zero-order valence-electron chi connectivity index (χ0n) is 16.9. The summed E-state index contributed by atoms with van der Waals surface area (Å²) in [5, 5.41) is 2.98. The third-order valence-electron chi connectivity index (χ3n) is 5.12. The van der Waals surface area contributed by atoms with Crippen LogP contribution in [-0.2, 0) is 21.2 Å². The lowest BCUT2D eigenvalue weighted by Crippen LogP contribution is -2.41. The van der Waals surface area contributed by atoms with E-state index in [2.05, 4.69) is 17.4 Å². The normalized spacial score (nSPS) is 16.3. The summed E-state index contributed by atoms with van der Waals surface area (Å²) in [7, 11) is -3.65. The van der Waals surface area contributed by atoms with E-state index in [1.165, 1.54) is 15.9 Å². The van der Waals surface area contributed by atoms with E-state index in [0.29, 0.717) is 37.4 Å². The van der Waals surface area contributed by atoms with E-state index in [0.717, 1.165) is 12.8 Å². The molecule has 1 fully saturated rings. The summed E-state index contributed by atoms with van der Waals surface area (Å²) in [6, 6.07) is 14.9. The number of carbonyl (C=O) groups is 1. The Bertz CT molecular complexity index is 939. The Kier molecular flexibility index (Phi) is 7.05. The highest BCUT2D eigenvalue weighted by Crippen LogP contribution is 2.22. The summed E-state index contributed by atoms with van der Waals surface area (Å²) in [5.41, 5.74) is 2.21. The van der Waals surface area contributed by atoms with Crippen LogP contribution in [0.15, 0.2) is 53.4 Å². The van der Waals surface area contributed by atoms with Gasteiger partial charge in [0.15, 0.2) is 0 Å². The van der Waals surface area contributed by atoms with Gasteiger partial charge in [0.2, 0.25) is 10.0 Å². The van der Waals surface area contributed by atoms with Gasteiger partial charge in [-0.25, -0.2) is 8.42 Å². The van der Waals surface area contributed by atoms with Gasteiger partial charge in [-0.05, 0) is 49.9 Å². The number of nitrogens with zero attached hydrogens (tertiary/aromatic N) is 1. The molecule has 1 saturated heterocycles. The minimum atomic E-state index is -3.65. The number of nitrogens with one attached hydrogen (secondary N) is 1. The minimum absolute atomic E-state index is 0.0247. The van der Waals surface area contributed by atoms with Gasteiger partial charge >= 0.3 is 0 Å². The summed E-state index contributed by atoms with van der Waals surface area (Å²) in [6.45, 7) is 5.14. The third-order valence-corrected chi connectivity index (χ3v) is 7.17. The number of ether oxygens (including phenoxy) is 1. The fourth-order valence-corrected chi connectivity index (χ4v) is 5.01. The van der Waals surface area contributed by atoms with Crippen molar-refractivity contribution in [3.63, 3.8) is 0 Å². The van der Waals surface area contributed by atoms with Gasteiger partial charge in [0, 0.05) is 24.7 Å². The second-order valence-corrected chi connectivity index (χ2v) is 9.30. The highest BCUT2D eigenvalue weighted by molar-refractivity contribution is 7.89. The maximum atomic E-state index is 13.0. The molecule has 0 unspecified atom stereocenters. The number of benzene rings is 2. The summed E-state index contributed by atoms with van der Waals surface area (Å²) >= 11 is 0. The maximum Gasteiger partial charge on any atom is 0.251 e. The highest BCUT2D eigenvalue weighted by Gasteiger charge is 2.28. The second kappa shape index (κ2) is 9.52. The van der Waals surface area contributed by atoms with Gasteiger partial charge < -0.3 is 10.1 Å². The Morgan fingerprint density at radius 2 is 1.83 bits per heavy atom. The van der Waals surface area contributed by atoms with E-state index in [1.807, 2.05) is 25.1 Å². The van der Waals surface area contributed by atoms with E-state index < -0.39 is 10.0 Å². The van der Waals surface area contributed by atoms with Crippen molar-refractivity contribution in [1.82, 2.24) is 9.62 Å². The molecular formula is C22H28N2O4S. The number of aryl methyl sites for hydroxylation is 2. The third kappa shape index (κ3) is 5.44. The predicted molar refractivity (Wildman–Crippen MR) is 112 cm³/mol. The van der Waals surface area contributed by atoms with E-state index in [4.69, 9.17) is 4.74 Å². The summed E-state index contributed by atoms with van der Waals surface area (Å²) in [6.07, 6.45) is 1.67. The fourth-order valence-electron chi connectivity index (χ4n) is 3.35. The molecule has 6 nitrogen and oxygen atoms in total. The van der Waals surface area contributed by atoms with Crippen molar-refractivity contribution in [2.24, 2.45) is 0 Å². The van der Waals surface area contributed by atoms with Gasteiger partial charge in [-0.1, -0.05) is 36.4 Å². The van der Waals surface area contributed by atoms with Gasteiger partial charge in [-0.3, -0.25) is 4.79 Å². The van der Waals surface area contributed by atoms with Crippen molar-refractivity contribution < 1.29 is 17.9 Å². The Labute approximate surface area is 172 Å². The standard InChI is InChI=1S/C22H28N2O4S/c1-17-8-11-20(16-21(17)29(26,27)24-12-14-28-15-13-24)22(25)23-18(2)9-10-19-6-4-3-5-7-19/h3-8,11,16,18H,9-10,12-15H2,1-2H3,(H,23,25)/t18-/m0/s1. The molecule has 156 valence electrons. The molecule has 7 heteroatoms. The number of carbonyl (C=O) groups excluding carboxylic acids is 1. The molecule has 1 N–H and O–H groups in total. The zero-order valence-corrected chi connectivity index (χ0v) is 17.7. The molecule has 0 bridgehead atoms. The maximum absolute atomic E-state index is 13.0. The number of sulfonamides is 1. The van der Waals surface area contributed by atoms with Crippen molar-refractivity contribution in [2.45, 2.75) is 37.6 Å². The van der Waals surface area contributed by atoms with Gasteiger partial charge in [0.25, 0.3) is 5.91 Å². The van der Waals surface area contributed by atoms with Crippen molar-refractivity contribution in [3.8, 4) is 0 Å². The lowest BCUT2D eigenvalue weighted by molar-refractivity contribution is 0.0730. The van der Waals surface area contributed by atoms with Crippen LogP contribution in [0.3, 0.4) is 0 Å². The van der Waals surface area contributed by atoms with Crippen molar-refractivity contribution in [3.05, 3.63) is 65.2 Å². The molecule has 0 aromatic heterocycles. The van der Waals surface area contributed by atoms with Crippen LogP contribution in [-0.4, -0.2) is 51.0 Å². The molecule has 1 aliphatic heterocycles. The predicted octanol–water partition coefficient (Wildman–Crippen LogP) is 2.77. The Morgan fingerprint density at radius 1 is 1.14 bits per heavy atom. The zero-order chi connectivity index (χ0) is 20.9. The van der Waals surface area contributed by atoms with Crippen LogP contribution < -0.4 is 5.32 Å². The van der Waals surface area contributed by atoms with Gasteiger partial charge in [0.05, 0.1) is 18.1 Å². The number of hydrogen-bond acceptors (Lipinski definition) is 4. The first-order valence-corrected chi connectivity index (χ1v) is 11.4. The second-order valence-electron chi connectivity index (χ2n) is 7.40. The molecule has 1 amide bonds. The van der Waals surface area contributed by atoms with Gasteiger partial charge in [-0.2, -0.15) is 4.31 Å². The van der Waals surface area contributed by atoms with Crippen LogP contribution in [0.1, 0.15) is 34.8 Å². The molecule has 2 aromatic rings. The molecule has 1 atom stereocenters. The Hall–Kier alpha value is -2.22. The first-order valence-electron chi connectivity index (χ1n) is 9.91. The fraction of sp³-hybridized carbons (Fsp3) is 0.409. The van der Waals surface area contributed by atoms with Crippen LogP contribution in [0.4, 0.5) is 0 Å². The first kappa shape index (κ1) is 21.5. The van der Waals surface area contributed by atoms with Crippen LogP contribution in [0.5, 0.6) is 0 Å². The Morgan fingerprint density at radius 3 is 2.52 bits per heavy atom. The van der Waals surface area contributed by atoms with Crippen molar-refractivity contribution >= 4 is 15.9 Å². The molecule has 0 spiro atoms. The topological polar surface area (TPSA) is 75.7 Å². The number of rotatable bonds is 7. The highest BCUT2D eigenvalue weighted by atomic mass is 32.2. The number of hydrogen-bond donors (Lipinski definition) is 1. The van der Waals surface area contributed by atoms with Gasteiger partial charge in [-0.15, -0.1) is 0 Å². The molecule has 0 radical (unpaired) electrons. The van der Waals surface area contributed by atoms with E-state index in [-0.39, 0.29) is 16.8 Å². The van der Waals surface area contributed by atoms with Crippen molar-refractivity contribution in [1.29, 1.82) is 0 Å². The lowest BCUT2D eigenvalue weighted by atomic mass is 10.1. The van der Waals surface area contributed by atoms with Crippen molar-refractivity contribution in [2.75, 3.05) is 26.3 Å². The Balaban J connectivity index is 1.68. The van der Waals surface area contributed by atoms with Crippen LogP contribution in [0.2, 0.25) is 0 Å². The van der Waals surface area contributed by atoms with E-state index >= 15 is 0 Å². The largest absolute Gasteiger partial charge is 0.379 e. The van der Waals surface area contributed by atoms with E-state index in [9.17, 15) is 13.2 Å². The summed E-state index contributed by atoms with van der Waals surface area (Å²) in [4.78, 5) is 12.9. The monoisotopic (exact) mass is 416 g/mol. The number of morpholine rings is 1. The molecule has 2 aromatic carbocycles. The summed E-state index contributed by atoms with van der Waals surface area (Å²) < 4.78 is 32.7. The lowest BCUT2D eigenvalue weighted by Gasteiger charge is -2.26. The number of amides is 1. The average Bonchev–Trinajstić information content (AvgIpc) is 2.73. The van der Waals surface area contributed by atoms with E-state index in [1.54, 1.807) is 19.1 Å². The molecule has 0 aliphatic carbocycles. The minimum Gasteiger partial charge on any atom is -0.379 e. The van der Waals surface area contributed by atoms with Crippen LogP contribution in [0.25, 0.3) is 0 Å². The average molecular weight is 417 g/mol. The van der Waals surface area contributed by atoms with Crippen LogP contribution in [0, 0.1) is 6.92 Å². The molecule has 29 heavy (non-hydrogen) atoms. The summed E-state index contributed by atoms with van der Waals surface area (Å²) in [5.74, 6) is -0.260. The molecular weight excluding hydrogens is 388 g/mol. The van der Waals surface area contributed by atoms with Gasteiger partial charge in [0.1, 0.15) is 0 Å². The molecule has 3 rings (SSSR count). The molecule has 1 aliphatic rings. The quantitative estimate of drug-likeness (QED) is 0.753. The van der Waals surface area contributed by atoms with Crippen LogP contribution >= 0.6 is 0 Å². The SMILES string of the molecule is Cc1ccc(C(=O)N[C@@H](C)CCc2ccccc2)cc1S(=O)(=O)N1CCOCC1. The smallest absolute Gasteiger partial charge is 0.251 e. The molecule has 0 saturated carbocycles.